The first kappa shape index (κ1) is 17.3. The Morgan fingerprint density at radius 2 is 1.86 bits per heavy atom. The zero-order chi connectivity index (χ0) is 15.5. The molecule has 8 heteroatoms. The molecule has 0 bridgehead atoms. The van der Waals surface area contributed by atoms with Crippen LogP contribution in [0.1, 0.15) is 33.6 Å². The molecule has 0 spiro atoms. The van der Waals surface area contributed by atoms with E-state index in [-0.39, 0.29) is 23.2 Å². The van der Waals surface area contributed by atoms with Crippen molar-refractivity contribution in [1.29, 1.82) is 0 Å². The lowest BCUT2D eigenvalue weighted by Gasteiger charge is -2.32. The Hall–Kier alpha value is -0.0700. The predicted molar refractivity (Wildman–Crippen MR) is 82.4 cm³/mol. The summed E-state index contributed by atoms with van der Waals surface area (Å²) >= 11 is 1.72. The third-order valence-electron chi connectivity index (χ3n) is 3.70. The van der Waals surface area contributed by atoms with Crippen molar-refractivity contribution in [2.24, 2.45) is 0 Å². The number of carbonyl (C=O) groups is 1. The number of thioether (sulfide) groups is 1. The number of hydrogen-bond donors (Lipinski definition) is 0. The monoisotopic (exact) mass is 337 g/mol. The van der Waals surface area contributed by atoms with Gasteiger partial charge in [0.15, 0.2) is 0 Å². The number of fused-ring (bicyclic) bond motifs is 1. The van der Waals surface area contributed by atoms with Gasteiger partial charge in [-0.3, -0.25) is 14.3 Å². The number of nitrogens with zero attached hydrogens (tertiary/aromatic N) is 1. The Bertz CT molecular complexity index is 411. The van der Waals surface area contributed by atoms with Crippen molar-refractivity contribution in [3.8, 4) is 0 Å². The topological polar surface area (TPSA) is 65.1 Å². The number of carbonyl (C=O) groups excluding carboxylic acids is 1. The molecule has 0 N–H and O–H groups in total. The molecule has 0 unspecified atom stereocenters. The van der Waals surface area contributed by atoms with Crippen molar-refractivity contribution in [2.75, 3.05) is 25.6 Å². The zero-order valence-corrected chi connectivity index (χ0v) is 14.5. The summed E-state index contributed by atoms with van der Waals surface area (Å²) in [5.41, 5.74) is 0. The second-order valence-electron chi connectivity index (χ2n) is 4.94. The standard InChI is InChI=1S/C13H24NO5PS/c1-4-17-13(15)10-9-21-12-8-7-11(14(10)12)20(16,18-5-2)19-6-3/h10-12H,4-9H2,1-3H3/t10-,11-,12-/m0/s1. The molecular weight excluding hydrogens is 313 g/mol. The van der Waals surface area contributed by atoms with Gasteiger partial charge in [-0.2, -0.15) is 0 Å². The molecule has 0 saturated carbocycles. The predicted octanol–water partition coefficient (Wildman–Crippen LogP) is 2.68. The minimum Gasteiger partial charge on any atom is -0.465 e. The quantitative estimate of drug-likeness (QED) is 0.523. The van der Waals surface area contributed by atoms with Crippen LogP contribution in [0.4, 0.5) is 0 Å². The lowest BCUT2D eigenvalue weighted by Crippen LogP contribution is -2.44. The zero-order valence-electron chi connectivity index (χ0n) is 12.8. The molecule has 2 aliphatic rings. The second kappa shape index (κ2) is 7.47. The van der Waals surface area contributed by atoms with E-state index in [0.717, 1.165) is 12.8 Å². The van der Waals surface area contributed by atoms with E-state index in [1.54, 1.807) is 32.5 Å². The molecule has 6 nitrogen and oxygen atoms in total. The molecule has 2 fully saturated rings. The van der Waals surface area contributed by atoms with Gasteiger partial charge in [0.1, 0.15) is 11.8 Å². The SMILES string of the molecule is CCOC(=O)[C@@H]1CS[C@H]2CC[C@H](P(=O)(OCC)OCC)N21. The molecule has 0 aromatic heterocycles. The van der Waals surface area contributed by atoms with E-state index < -0.39 is 7.60 Å². The first-order valence-electron chi connectivity index (χ1n) is 7.51. The van der Waals surface area contributed by atoms with Gasteiger partial charge in [-0.1, -0.05) is 0 Å². The largest absolute Gasteiger partial charge is 0.465 e. The molecule has 0 amide bonds. The van der Waals surface area contributed by atoms with E-state index in [2.05, 4.69) is 0 Å². The average Bonchev–Trinajstić information content (AvgIpc) is 3.00. The maximum absolute atomic E-state index is 13.0. The fourth-order valence-electron chi connectivity index (χ4n) is 2.97. The van der Waals surface area contributed by atoms with Crippen molar-refractivity contribution in [2.45, 2.75) is 50.8 Å². The maximum Gasteiger partial charge on any atom is 0.347 e. The van der Waals surface area contributed by atoms with Gasteiger partial charge in [0.2, 0.25) is 0 Å². The average molecular weight is 337 g/mol. The summed E-state index contributed by atoms with van der Waals surface area (Å²) in [5, 5.41) is 0.207. The van der Waals surface area contributed by atoms with Crippen molar-refractivity contribution in [3.05, 3.63) is 0 Å². The van der Waals surface area contributed by atoms with Crippen LogP contribution in [0, 0.1) is 0 Å². The maximum atomic E-state index is 13.0. The summed E-state index contributed by atoms with van der Waals surface area (Å²) in [7, 11) is -3.23. The number of esters is 1. The first-order chi connectivity index (χ1) is 10.1. The molecule has 0 aromatic carbocycles. The molecule has 2 heterocycles. The number of rotatable bonds is 7. The lowest BCUT2D eigenvalue weighted by atomic mass is 10.3. The van der Waals surface area contributed by atoms with Crippen LogP contribution in [-0.4, -0.2) is 53.6 Å². The fraction of sp³-hybridized carbons (Fsp3) is 0.923. The highest BCUT2D eigenvalue weighted by molar-refractivity contribution is 8.00. The van der Waals surface area contributed by atoms with E-state index >= 15 is 0 Å². The van der Waals surface area contributed by atoms with Crippen LogP contribution in [0.5, 0.6) is 0 Å². The Balaban J connectivity index is 2.19. The van der Waals surface area contributed by atoms with Gasteiger partial charge in [-0.25, -0.2) is 0 Å². The van der Waals surface area contributed by atoms with Gasteiger partial charge >= 0.3 is 13.6 Å². The summed E-state index contributed by atoms with van der Waals surface area (Å²) in [6, 6.07) is -0.346. The van der Waals surface area contributed by atoms with Gasteiger partial charge in [0.05, 0.1) is 25.2 Å². The highest BCUT2D eigenvalue weighted by atomic mass is 32.2. The molecule has 21 heavy (non-hydrogen) atoms. The highest BCUT2D eigenvalue weighted by Gasteiger charge is 2.54. The lowest BCUT2D eigenvalue weighted by molar-refractivity contribution is -0.148. The third kappa shape index (κ3) is 3.48. The molecule has 2 saturated heterocycles. The number of hydrogen-bond acceptors (Lipinski definition) is 7. The van der Waals surface area contributed by atoms with Crippen LogP contribution >= 0.6 is 19.4 Å². The number of ether oxygens (including phenoxy) is 1. The van der Waals surface area contributed by atoms with Gasteiger partial charge in [0, 0.05) is 5.75 Å². The summed E-state index contributed by atoms with van der Waals surface area (Å²) in [4.78, 5) is 14.1. The van der Waals surface area contributed by atoms with Gasteiger partial charge in [-0.15, -0.1) is 11.8 Å². The van der Waals surface area contributed by atoms with Crippen LogP contribution in [0.25, 0.3) is 0 Å². The van der Waals surface area contributed by atoms with Gasteiger partial charge in [0.25, 0.3) is 0 Å². The van der Waals surface area contributed by atoms with Gasteiger partial charge in [-0.05, 0) is 33.6 Å². The van der Waals surface area contributed by atoms with Gasteiger partial charge < -0.3 is 13.8 Å². The van der Waals surface area contributed by atoms with Crippen molar-refractivity contribution in [3.63, 3.8) is 0 Å². The van der Waals surface area contributed by atoms with Crippen molar-refractivity contribution < 1.29 is 23.1 Å². The Morgan fingerprint density at radius 1 is 1.19 bits per heavy atom. The Labute approximate surface area is 130 Å². The molecule has 0 aliphatic carbocycles. The fourth-order valence-corrected chi connectivity index (χ4v) is 6.79. The van der Waals surface area contributed by atoms with Crippen molar-refractivity contribution in [1.82, 2.24) is 4.90 Å². The molecule has 2 aliphatic heterocycles. The normalized spacial score (nSPS) is 29.6. The minimum absolute atomic E-state index is 0.207. The van der Waals surface area contributed by atoms with E-state index in [1.165, 1.54) is 0 Å². The van der Waals surface area contributed by atoms with Crippen LogP contribution in [-0.2, 0) is 23.1 Å². The summed E-state index contributed by atoms with van der Waals surface area (Å²) < 4.78 is 29.1. The molecule has 0 radical (unpaired) electrons. The summed E-state index contributed by atoms with van der Waals surface area (Å²) in [6.45, 7) is 6.44. The van der Waals surface area contributed by atoms with Crippen molar-refractivity contribution >= 4 is 25.3 Å². The van der Waals surface area contributed by atoms with Crippen LogP contribution in [0.15, 0.2) is 0 Å². The van der Waals surface area contributed by atoms with Crippen LogP contribution in [0.3, 0.4) is 0 Å². The minimum atomic E-state index is -3.23. The van der Waals surface area contributed by atoms with Crippen LogP contribution in [0.2, 0.25) is 0 Å². The summed E-state index contributed by atoms with van der Waals surface area (Å²) in [5.74, 6) is 0.101. The Kier molecular flexibility index (Phi) is 6.15. The highest BCUT2D eigenvalue weighted by Crippen LogP contribution is 2.61. The third-order valence-corrected chi connectivity index (χ3v) is 7.56. The van der Waals surface area contributed by atoms with E-state index in [9.17, 15) is 9.36 Å². The molecular formula is C13H24NO5PS. The first-order valence-corrected chi connectivity index (χ1v) is 10.2. The molecule has 122 valence electrons. The molecule has 0 aromatic rings. The van der Waals surface area contributed by atoms with E-state index in [1.807, 2.05) is 4.90 Å². The van der Waals surface area contributed by atoms with E-state index in [4.69, 9.17) is 13.8 Å². The molecule has 2 rings (SSSR count). The smallest absolute Gasteiger partial charge is 0.347 e. The molecule has 3 atom stereocenters. The van der Waals surface area contributed by atoms with Crippen LogP contribution < -0.4 is 0 Å². The van der Waals surface area contributed by atoms with E-state index in [0.29, 0.717) is 25.6 Å². The Morgan fingerprint density at radius 3 is 2.43 bits per heavy atom. The second-order valence-corrected chi connectivity index (χ2v) is 8.34. The summed E-state index contributed by atoms with van der Waals surface area (Å²) in [6.07, 6.45) is 1.63.